The van der Waals surface area contributed by atoms with E-state index in [4.69, 9.17) is 5.73 Å². The van der Waals surface area contributed by atoms with Crippen molar-refractivity contribution < 1.29 is 4.39 Å². The van der Waals surface area contributed by atoms with E-state index in [1.165, 1.54) is 31.7 Å². The molecule has 0 spiro atoms. The molecule has 1 aromatic rings. The summed E-state index contributed by atoms with van der Waals surface area (Å²) in [6.45, 7) is 5.96. The van der Waals surface area contributed by atoms with Crippen LogP contribution in [0.15, 0.2) is 18.2 Å². The molecule has 3 heteroatoms. The number of benzene rings is 1. The first-order valence-corrected chi connectivity index (χ1v) is 6.92. The van der Waals surface area contributed by atoms with Gasteiger partial charge >= 0.3 is 0 Å². The number of rotatable bonds is 8. The Morgan fingerprint density at radius 2 is 2.11 bits per heavy atom. The molecule has 0 fully saturated rings. The summed E-state index contributed by atoms with van der Waals surface area (Å²) in [6, 6.07) is 4.88. The van der Waals surface area contributed by atoms with Crippen molar-refractivity contribution in [3.8, 4) is 0 Å². The van der Waals surface area contributed by atoms with Gasteiger partial charge in [0.1, 0.15) is 5.82 Å². The Balaban J connectivity index is 2.35. The number of unbranched alkanes of at least 4 members (excludes halogenated alkanes) is 1. The van der Waals surface area contributed by atoms with Gasteiger partial charge in [-0.05, 0) is 31.0 Å². The van der Waals surface area contributed by atoms with Crippen LogP contribution in [0, 0.1) is 11.7 Å². The van der Waals surface area contributed by atoms with Crippen LogP contribution in [0.3, 0.4) is 0 Å². The van der Waals surface area contributed by atoms with Crippen LogP contribution in [0.2, 0.25) is 0 Å². The van der Waals surface area contributed by atoms with E-state index >= 15 is 0 Å². The van der Waals surface area contributed by atoms with Crippen LogP contribution in [0.25, 0.3) is 0 Å². The van der Waals surface area contributed by atoms with Gasteiger partial charge in [0.15, 0.2) is 0 Å². The van der Waals surface area contributed by atoms with Gasteiger partial charge in [-0.25, -0.2) is 4.39 Å². The van der Waals surface area contributed by atoms with Gasteiger partial charge < -0.3 is 11.1 Å². The van der Waals surface area contributed by atoms with Crippen molar-refractivity contribution in [3.05, 3.63) is 29.6 Å². The van der Waals surface area contributed by atoms with Gasteiger partial charge in [-0.1, -0.05) is 39.2 Å². The summed E-state index contributed by atoms with van der Waals surface area (Å²) in [5, 5.41) is 3.34. The fraction of sp³-hybridized carbons (Fsp3) is 0.600. The second-order valence-electron chi connectivity index (χ2n) is 4.90. The van der Waals surface area contributed by atoms with Crippen molar-refractivity contribution >= 4 is 5.69 Å². The standard InChI is InChI=1S/C15H25FN2/c1-3-5-6-12(4-2)10-18-11-13-7-8-14(17)9-15(13)16/h7-9,12,18H,3-6,10-11,17H2,1-2H3. The van der Waals surface area contributed by atoms with Crippen LogP contribution in [-0.4, -0.2) is 6.54 Å². The van der Waals surface area contributed by atoms with Gasteiger partial charge in [-0.2, -0.15) is 0 Å². The first kappa shape index (κ1) is 15.0. The second-order valence-corrected chi connectivity index (χ2v) is 4.90. The number of anilines is 1. The first-order chi connectivity index (χ1) is 8.67. The van der Waals surface area contributed by atoms with Crippen LogP contribution in [0.5, 0.6) is 0 Å². The van der Waals surface area contributed by atoms with Crippen molar-refractivity contribution in [3.63, 3.8) is 0 Å². The summed E-state index contributed by atoms with van der Waals surface area (Å²) in [7, 11) is 0. The summed E-state index contributed by atoms with van der Waals surface area (Å²) >= 11 is 0. The first-order valence-electron chi connectivity index (χ1n) is 6.92. The summed E-state index contributed by atoms with van der Waals surface area (Å²) in [5.74, 6) is 0.478. The zero-order chi connectivity index (χ0) is 13.4. The molecule has 0 amide bonds. The quantitative estimate of drug-likeness (QED) is 0.692. The molecule has 1 rings (SSSR count). The average molecular weight is 252 g/mol. The number of nitrogens with one attached hydrogen (secondary N) is 1. The zero-order valence-electron chi connectivity index (χ0n) is 11.5. The summed E-state index contributed by atoms with van der Waals surface area (Å²) in [5.41, 5.74) is 6.69. The molecule has 3 N–H and O–H groups in total. The second kappa shape index (κ2) is 8.09. The summed E-state index contributed by atoms with van der Waals surface area (Å²) < 4.78 is 13.5. The van der Waals surface area contributed by atoms with Gasteiger partial charge in [-0.3, -0.25) is 0 Å². The van der Waals surface area contributed by atoms with Gasteiger partial charge in [0.25, 0.3) is 0 Å². The van der Waals surface area contributed by atoms with E-state index in [-0.39, 0.29) is 5.82 Å². The smallest absolute Gasteiger partial charge is 0.129 e. The minimum Gasteiger partial charge on any atom is -0.399 e. The van der Waals surface area contributed by atoms with E-state index in [2.05, 4.69) is 19.2 Å². The lowest BCUT2D eigenvalue weighted by atomic mass is 9.99. The maximum Gasteiger partial charge on any atom is 0.129 e. The minimum atomic E-state index is -0.218. The maximum absolute atomic E-state index is 13.5. The van der Waals surface area contributed by atoms with Crippen LogP contribution >= 0.6 is 0 Å². The van der Waals surface area contributed by atoms with Crippen LogP contribution in [0.4, 0.5) is 10.1 Å². The molecule has 0 aliphatic carbocycles. The highest BCUT2D eigenvalue weighted by Gasteiger charge is 2.06. The van der Waals surface area contributed by atoms with Crippen molar-refractivity contribution in [2.24, 2.45) is 5.92 Å². The van der Waals surface area contributed by atoms with Crippen molar-refractivity contribution in [1.29, 1.82) is 0 Å². The van der Waals surface area contributed by atoms with Crippen LogP contribution in [-0.2, 0) is 6.54 Å². The Hall–Kier alpha value is -1.09. The lowest BCUT2D eigenvalue weighted by Gasteiger charge is -2.15. The number of hydrogen-bond donors (Lipinski definition) is 2. The van der Waals surface area contributed by atoms with E-state index in [1.54, 1.807) is 12.1 Å². The molecule has 0 aliphatic heterocycles. The zero-order valence-corrected chi connectivity index (χ0v) is 11.5. The van der Waals surface area contributed by atoms with Crippen LogP contribution in [0.1, 0.15) is 45.1 Å². The van der Waals surface area contributed by atoms with Crippen LogP contribution < -0.4 is 11.1 Å². The van der Waals surface area contributed by atoms with E-state index < -0.39 is 0 Å². The third kappa shape index (κ3) is 5.05. The molecular formula is C15H25FN2. The van der Waals surface area contributed by atoms with Gasteiger partial charge in [-0.15, -0.1) is 0 Å². The fourth-order valence-corrected chi connectivity index (χ4v) is 2.06. The highest BCUT2D eigenvalue weighted by molar-refractivity contribution is 5.40. The number of halogens is 1. The van der Waals surface area contributed by atoms with E-state index in [1.807, 2.05) is 0 Å². The Kier molecular flexibility index (Phi) is 6.73. The molecule has 1 atom stereocenters. The molecule has 0 saturated heterocycles. The predicted molar refractivity (Wildman–Crippen MR) is 75.8 cm³/mol. The molecular weight excluding hydrogens is 227 g/mol. The van der Waals surface area contributed by atoms with Gasteiger partial charge in [0.05, 0.1) is 0 Å². The van der Waals surface area contributed by atoms with E-state index in [9.17, 15) is 4.39 Å². The van der Waals surface area contributed by atoms with Gasteiger partial charge in [0, 0.05) is 17.8 Å². The van der Waals surface area contributed by atoms with Gasteiger partial charge in [0.2, 0.25) is 0 Å². The average Bonchev–Trinajstić information content (AvgIpc) is 2.36. The Morgan fingerprint density at radius 3 is 2.72 bits per heavy atom. The fourth-order valence-electron chi connectivity index (χ4n) is 2.06. The molecule has 2 nitrogen and oxygen atoms in total. The molecule has 0 aliphatic rings. The Labute approximate surface area is 110 Å². The summed E-state index contributed by atoms with van der Waals surface area (Å²) in [6.07, 6.45) is 4.95. The molecule has 0 saturated carbocycles. The predicted octanol–water partition coefficient (Wildman–Crippen LogP) is 3.71. The van der Waals surface area contributed by atoms with E-state index in [0.29, 0.717) is 23.7 Å². The summed E-state index contributed by atoms with van der Waals surface area (Å²) in [4.78, 5) is 0. The largest absolute Gasteiger partial charge is 0.399 e. The molecule has 0 bridgehead atoms. The molecule has 18 heavy (non-hydrogen) atoms. The maximum atomic E-state index is 13.5. The highest BCUT2D eigenvalue weighted by Crippen LogP contribution is 2.13. The van der Waals surface area contributed by atoms with Crippen molar-refractivity contribution in [2.45, 2.75) is 46.1 Å². The SMILES string of the molecule is CCCCC(CC)CNCc1ccc(N)cc1F. The normalized spacial score (nSPS) is 12.6. The monoisotopic (exact) mass is 252 g/mol. The van der Waals surface area contributed by atoms with Crippen molar-refractivity contribution in [1.82, 2.24) is 5.32 Å². The lowest BCUT2D eigenvalue weighted by Crippen LogP contribution is -2.22. The lowest BCUT2D eigenvalue weighted by molar-refractivity contribution is 0.417. The number of nitrogen functional groups attached to an aromatic ring is 1. The molecule has 1 aromatic carbocycles. The molecule has 1 unspecified atom stereocenters. The third-order valence-electron chi connectivity index (χ3n) is 3.37. The topological polar surface area (TPSA) is 38.0 Å². The minimum absolute atomic E-state index is 0.218. The van der Waals surface area contributed by atoms with E-state index in [0.717, 1.165) is 6.54 Å². The third-order valence-corrected chi connectivity index (χ3v) is 3.37. The Bertz CT molecular complexity index is 352. The van der Waals surface area contributed by atoms with Crippen molar-refractivity contribution in [2.75, 3.05) is 12.3 Å². The molecule has 0 heterocycles. The number of hydrogen-bond acceptors (Lipinski definition) is 2. The Morgan fingerprint density at radius 1 is 1.33 bits per heavy atom. The highest BCUT2D eigenvalue weighted by atomic mass is 19.1. The molecule has 0 radical (unpaired) electrons. The molecule has 102 valence electrons. The molecule has 0 aromatic heterocycles. The number of nitrogens with two attached hydrogens (primary N) is 1.